The summed E-state index contributed by atoms with van der Waals surface area (Å²) in [5, 5.41) is 5.88. The number of carbonyl (C=O) groups is 1. The van der Waals surface area contributed by atoms with Gasteiger partial charge in [0.25, 0.3) is 0 Å². The van der Waals surface area contributed by atoms with Crippen LogP contribution < -0.4 is 15.4 Å². The molecule has 2 amide bonds. The van der Waals surface area contributed by atoms with Gasteiger partial charge in [0.15, 0.2) is 0 Å². The van der Waals surface area contributed by atoms with Crippen LogP contribution in [0.1, 0.15) is 5.56 Å². The Morgan fingerprint density at radius 2 is 1.78 bits per heavy atom. The van der Waals surface area contributed by atoms with Gasteiger partial charge in [-0.05, 0) is 35.9 Å². The van der Waals surface area contributed by atoms with Gasteiger partial charge < -0.3 is 10.6 Å². The third-order valence-electron chi connectivity index (χ3n) is 2.77. The summed E-state index contributed by atoms with van der Waals surface area (Å²) in [6.45, 7) is 0.256. The molecular weight excluding hydrogens is 338 g/mol. The molecule has 0 saturated heterocycles. The summed E-state index contributed by atoms with van der Waals surface area (Å²) in [6, 6.07) is 13.2. The third kappa shape index (κ3) is 6.17. The summed E-state index contributed by atoms with van der Waals surface area (Å²) in [4.78, 5) is 11.8. The minimum absolute atomic E-state index is 0.256. The number of halogens is 1. The van der Waals surface area contributed by atoms with E-state index < -0.39 is 10.0 Å². The Hall–Kier alpha value is -2.25. The molecule has 0 aromatic heterocycles. The SMILES string of the molecule is CS(=O)(=O)Nc1cccc(CNC(=O)Nc2cccc(Cl)c2)c1. The Morgan fingerprint density at radius 1 is 1.09 bits per heavy atom. The molecule has 0 fully saturated rings. The lowest BCUT2D eigenvalue weighted by molar-refractivity contribution is 0.251. The Morgan fingerprint density at radius 3 is 2.48 bits per heavy atom. The molecule has 0 atom stereocenters. The first-order valence-electron chi connectivity index (χ1n) is 6.69. The number of anilines is 2. The van der Waals surface area contributed by atoms with Gasteiger partial charge in [0.2, 0.25) is 10.0 Å². The van der Waals surface area contributed by atoms with E-state index in [4.69, 9.17) is 11.6 Å². The molecule has 0 bridgehead atoms. The molecule has 0 heterocycles. The van der Waals surface area contributed by atoms with Crippen LogP contribution in [0.5, 0.6) is 0 Å². The molecule has 0 unspecified atom stereocenters. The molecule has 8 heteroatoms. The van der Waals surface area contributed by atoms with Crippen molar-refractivity contribution in [2.75, 3.05) is 16.3 Å². The van der Waals surface area contributed by atoms with Crippen LogP contribution in [0.4, 0.5) is 16.2 Å². The smallest absolute Gasteiger partial charge is 0.319 e. The van der Waals surface area contributed by atoms with Crippen LogP contribution in [0, 0.1) is 0 Å². The Labute approximate surface area is 139 Å². The van der Waals surface area contributed by atoms with Gasteiger partial charge in [-0.25, -0.2) is 13.2 Å². The minimum atomic E-state index is -3.33. The number of rotatable bonds is 5. The topological polar surface area (TPSA) is 87.3 Å². The molecule has 0 saturated carbocycles. The fraction of sp³-hybridized carbons (Fsp3) is 0.133. The molecule has 6 nitrogen and oxygen atoms in total. The third-order valence-corrected chi connectivity index (χ3v) is 3.61. The molecule has 0 aliphatic rings. The zero-order valence-corrected chi connectivity index (χ0v) is 13.9. The highest BCUT2D eigenvalue weighted by molar-refractivity contribution is 7.92. The molecule has 3 N–H and O–H groups in total. The van der Waals surface area contributed by atoms with E-state index in [-0.39, 0.29) is 12.6 Å². The maximum atomic E-state index is 11.8. The zero-order chi connectivity index (χ0) is 16.9. The van der Waals surface area contributed by atoms with E-state index >= 15 is 0 Å². The molecule has 0 aliphatic carbocycles. The van der Waals surface area contributed by atoms with Crippen molar-refractivity contribution < 1.29 is 13.2 Å². The normalized spacial score (nSPS) is 10.9. The summed E-state index contributed by atoms with van der Waals surface area (Å²) in [5.74, 6) is 0. The highest BCUT2D eigenvalue weighted by Gasteiger charge is 2.05. The van der Waals surface area contributed by atoms with Gasteiger partial charge in [0.1, 0.15) is 0 Å². The van der Waals surface area contributed by atoms with E-state index in [1.54, 1.807) is 48.5 Å². The van der Waals surface area contributed by atoms with Crippen molar-refractivity contribution in [2.24, 2.45) is 0 Å². The van der Waals surface area contributed by atoms with E-state index in [9.17, 15) is 13.2 Å². The second-order valence-electron chi connectivity index (χ2n) is 4.89. The molecule has 2 rings (SSSR count). The molecule has 0 radical (unpaired) electrons. The van der Waals surface area contributed by atoms with Crippen molar-refractivity contribution in [3.8, 4) is 0 Å². The standard InChI is InChI=1S/C15H16ClN3O3S/c1-23(21,22)19-14-7-2-4-11(8-14)10-17-15(20)18-13-6-3-5-12(16)9-13/h2-9,19H,10H2,1H3,(H2,17,18,20). The molecular formula is C15H16ClN3O3S. The average molecular weight is 354 g/mol. The lowest BCUT2D eigenvalue weighted by atomic mass is 10.2. The number of hydrogen-bond acceptors (Lipinski definition) is 3. The van der Waals surface area contributed by atoms with Gasteiger partial charge in [-0.2, -0.15) is 0 Å². The predicted molar refractivity (Wildman–Crippen MR) is 92.2 cm³/mol. The quantitative estimate of drug-likeness (QED) is 0.772. The summed E-state index contributed by atoms with van der Waals surface area (Å²) in [5.41, 5.74) is 1.80. The van der Waals surface area contributed by atoms with Gasteiger partial charge in [-0.15, -0.1) is 0 Å². The van der Waals surface area contributed by atoms with Crippen molar-refractivity contribution >= 4 is 39.0 Å². The maximum absolute atomic E-state index is 11.8. The van der Waals surface area contributed by atoms with Crippen molar-refractivity contribution in [3.63, 3.8) is 0 Å². The van der Waals surface area contributed by atoms with Crippen molar-refractivity contribution in [3.05, 3.63) is 59.1 Å². The van der Waals surface area contributed by atoms with Gasteiger partial charge in [-0.1, -0.05) is 29.8 Å². The van der Waals surface area contributed by atoms with Crippen LogP contribution >= 0.6 is 11.6 Å². The highest BCUT2D eigenvalue weighted by atomic mass is 35.5. The lowest BCUT2D eigenvalue weighted by Gasteiger charge is -2.09. The van der Waals surface area contributed by atoms with Crippen LogP contribution in [0.3, 0.4) is 0 Å². The van der Waals surface area contributed by atoms with E-state index in [0.717, 1.165) is 11.8 Å². The number of urea groups is 1. The Bertz CT molecular complexity index is 809. The fourth-order valence-corrected chi connectivity index (χ4v) is 2.63. The summed E-state index contributed by atoms with van der Waals surface area (Å²) in [6.07, 6.45) is 1.08. The first kappa shape index (κ1) is 17.1. The lowest BCUT2D eigenvalue weighted by Crippen LogP contribution is -2.28. The Balaban J connectivity index is 1.93. The molecule has 122 valence electrons. The molecule has 23 heavy (non-hydrogen) atoms. The maximum Gasteiger partial charge on any atom is 0.319 e. The molecule has 2 aromatic carbocycles. The van der Waals surface area contributed by atoms with E-state index in [1.807, 2.05) is 0 Å². The number of hydrogen-bond donors (Lipinski definition) is 3. The summed E-state index contributed by atoms with van der Waals surface area (Å²) >= 11 is 5.84. The first-order valence-corrected chi connectivity index (χ1v) is 8.96. The van der Waals surface area contributed by atoms with Crippen molar-refractivity contribution in [1.29, 1.82) is 0 Å². The number of benzene rings is 2. The van der Waals surface area contributed by atoms with Crippen molar-refractivity contribution in [1.82, 2.24) is 5.32 Å². The van der Waals surface area contributed by atoms with Crippen LogP contribution in [-0.4, -0.2) is 20.7 Å². The number of sulfonamides is 1. The van der Waals surface area contributed by atoms with E-state index in [2.05, 4.69) is 15.4 Å². The van der Waals surface area contributed by atoms with Crippen molar-refractivity contribution in [2.45, 2.75) is 6.54 Å². The molecule has 0 aliphatic heterocycles. The predicted octanol–water partition coefficient (Wildman–Crippen LogP) is 3.03. The van der Waals surface area contributed by atoms with Crippen LogP contribution in [-0.2, 0) is 16.6 Å². The second-order valence-corrected chi connectivity index (χ2v) is 7.08. The van der Waals surface area contributed by atoms with Crippen LogP contribution in [0.15, 0.2) is 48.5 Å². The highest BCUT2D eigenvalue weighted by Crippen LogP contribution is 2.15. The average Bonchev–Trinajstić information content (AvgIpc) is 2.44. The first-order chi connectivity index (χ1) is 10.8. The summed E-state index contributed by atoms with van der Waals surface area (Å²) in [7, 11) is -3.33. The number of amides is 2. The van der Waals surface area contributed by atoms with Crippen LogP contribution in [0.25, 0.3) is 0 Å². The van der Waals surface area contributed by atoms with Gasteiger partial charge >= 0.3 is 6.03 Å². The van der Waals surface area contributed by atoms with Gasteiger partial charge in [0, 0.05) is 22.9 Å². The monoisotopic (exact) mass is 353 g/mol. The zero-order valence-electron chi connectivity index (χ0n) is 12.3. The minimum Gasteiger partial charge on any atom is -0.334 e. The Kier molecular flexibility index (Phi) is 5.46. The molecule has 2 aromatic rings. The molecule has 0 spiro atoms. The van der Waals surface area contributed by atoms with Gasteiger partial charge in [-0.3, -0.25) is 4.72 Å². The number of nitrogens with one attached hydrogen (secondary N) is 3. The largest absolute Gasteiger partial charge is 0.334 e. The fourth-order valence-electron chi connectivity index (χ4n) is 1.88. The van der Waals surface area contributed by atoms with Gasteiger partial charge in [0.05, 0.1) is 6.26 Å². The van der Waals surface area contributed by atoms with E-state index in [1.165, 1.54) is 0 Å². The summed E-state index contributed by atoms with van der Waals surface area (Å²) < 4.78 is 24.8. The van der Waals surface area contributed by atoms with E-state index in [0.29, 0.717) is 16.4 Å². The number of carbonyl (C=O) groups excluding carboxylic acids is 1. The second kappa shape index (κ2) is 7.34. The van der Waals surface area contributed by atoms with Crippen LogP contribution in [0.2, 0.25) is 5.02 Å².